The zero-order valence-electron chi connectivity index (χ0n) is 16.5. The summed E-state index contributed by atoms with van der Waals surface area (Å²) in [5, 5.41) is 5.72. The van der Waals surface area contributed by atoms with Gasteiger partial charge in [0.25, 0.3) is 5.91 Å². The highest BCUT2D eigenvalue weighted by molar-refractivity contribution is 7.09. The summed E-state index contributed by atoms with van der Waals surface area (Å²) in [6.07, 6.45) is 0.698. The van der Waals surface area contributed by atoms with Crippen LogP contribution in [0.5, 0.6) is 5.75 Å². The molecule has 1 atom stereocenters. The second-order valence-electron chi connectivity index (χ2n) is 5.89. The van der Waals surface area contributed by atoms with Gasteiger partial charge in [0.05, 0.1) is 18.2 Å². The maximum absolute atomic E-state index is 12.5. The molecule has 0 spiro atoms. The molecular formula is C19H30Cl2N4O2S. The van der Waals surface area contributed by atoms with Crippen LogP contribution < -0.4 is 15.8 Å². The summed E-state index contributed by atoms with van der Waals surface area (Å²) in [6, 6.07) is 8.07. The fourth-order valence-electron chi connectivity index (χ4n) is 2.90. The first-order chi connectivity index (χ1) is 12.6. The average molecular weight is 449 g/mol. The van der Waals surface area contributed by atoms with Gasteiger partial charge < -0.3 is 15.8 Å². The lowest BCUT2D eigenvalue weighted by Gasteiger charge is -2.30. The van der Waals surface area contributed by atoms with Gasteiger partial charge in [-0.2, -0.15) is 0 Å². The standard InChI is InChI=1S/C19H28N4O2S.2ClH/c1-4-23(5-2)17(14-7-6-8-15(11-14)25-3)12-21-19(24)16-13-26-18(22-16)9-10-20;;/h6-8,11,13,17H,4-5,9-10,12,20H2,1-3H3,(H,21,24);2*1H. The lowest BCUT2D eigenvalue weighted by Crippen LogP contribution is -2.38. The Morgan fingerprint density at radius 3 is 2.64 bits per heavy atom. The number of aromatic nitrogens is 1. The summed E-state index contributed by atoms with van der Waals surface area (Å²) in [7, 11) is 1.66. The number of carbonyl (C=O) groups excluding carboxylic acids is 1. The van der Waals surface area contributed by atoms with Crippen molar-refractivity contribution < 1.29 is 9.53 Å². The Balaban J connectivity index is 0.00000364. The summed E-state index contributed by atoms with van der Waals surface area (Å²) in [5.74, 6) is 0.668. The number of nitrogens with zero attached hydrogens (tertiary/aromatic N) is 2. The third kappa shape index (κ3) is 7.22. The molecule has 2 rings (SSSR count). The lowest BCUT2D eigenvalue weighted by molar-refractivity contribution is 0.0930. The van der Waals surface area contributed by atoms with E-state index in [1.54, 1.807) is 12.5 Å². The minimum Gasteiger partial charge on any atom is -0.497 e. The monoisotopic (exact) mass is 448 g/mol. The van der Waals surface area contributed by atoms with E-state index in [0.29, 0.717) is 25.2 Å². The van der Waals surface area contributed by atoms with E-state index < -0.39 is 0 Å². The summed E-state index contributed by atoms with van der Waals surface area (Å²) in [4.78, 5) is 19.2. The third-order valence-electron chi connectivity index (χ3n) is 4.33. The summed E-state index contributed by atoms with van der Waals surface area (Å²) >= 11 is 1.47. The van der Waals surface area contributed by atoms with E-state index in [-0.39, 0.29) is 36.8 Å². The molecule has 158 valence electrons. The van der Waals surface area contributed by atoms with E-state index in [2.05, 4.69) is 35.1 Å². The second-order valence-corrected chi connectivity index (χ2v) is 6.83. The average Bonchev–Trinajstić information content (AvgIpc) is 3.14. The number of nitrogens with two attached hydrogens (primary N) is 1. The van der Waals surface area contributed by atoms with Gasteiger partial charge in [-0.25, -0.2) is 4.98 Å². The normalized spacial score (nSPS) is 11.3. The van der Waals surface area contributed by atoms with Crippen molar-refractivity contribution in [1.29, 1.82) is 0 Å². The zero-order valence-corrected chi connectivity index (χ0v) is 19.0. The van der Waals surface area contributed by atoms with Gasteiger partial charge in [0.1, 0.15) is 11.4 Å². The van der Waals surface area contributed by atoms with Gasteiger partial charge in [0.2, 0.25) is 0 Å². The van der Waals surface area contributed by atoms with Crippen LogP contribution in [0.2, 0.25) is 0 Å². The molecule has 1 aromatic heterocycles. The first-order valence-electron chi connectivity index (χ1n) is 8.93. The molecule has 0 aliphatic rings. The minimum atomic E-state index is -0.149. The topological polar surface area (TPSA) is 80.5 Å². The first kappa shape index (κ1) is 26.6. The molecule has 0 saturated heterocycles. The van der Waals surface area contributed by atoms with E-state index in [1.807, 2.05) is 18.2 Å². The van der Waals surface area contributed by atoms with E-state index in [9.17, 15) is 4.79 Å². The summed E-state index contributed by atoms with van der Waals surface area (Å²) in [5.41, 5.74) is 7.13. The highest BCUT2D eigenvalue weighted by atomic mass is 35.5. The van der Waals surface area contributed by atoms with Crippen molar-refractivity contribution in [3.8, 4) is 5.75 Å². The van der Waals surface area contributed by atoms with Crippen molar-refractivity contribution in [1.82, 2.24) is 15.2 Å². The first-order valence-corrected chi connectivity index (χ1v) is 9.81. The van der Waals surface area contributed by atoms with Crippen LogP contribution in [-0.4, -0.2) is 49.1 Å². The predicted molar refractivity (Wildman–Crippen MR) is 120 cm³/mol. The van der Waals surface area contributed by atoms with Gasteiger partial charge in [-0.05, 0) is 37.3 Å². The molecule has 1 aromatic carbocycles. The quantitative estimate of drug-likeness (QED) is 0.582. The molecule has 2 aromatic rings. The number of benzene rings is 1. The molecule has 0 bridgehead atoms. The van der Waals surface area contributed by atoms with Gasteiger partial charge in [-0.15, -0.1) is 36.2 Å². The molecular weight excluding hydrogens is 419 g/mol. The van der Waals surface area contributed by atoms with E-state index in [4.69, 9.17) is 10.5 Å². The number of ether oxygens (including phenoxy) is 1. The Kier molecular flexibility index (Phi) is 13.1. The highest BCUT2D eigenvalue weighted by Crippen LogP contribution is 2.24. The molecule has 1 unspecified atom stereocenters. The zero-order chi connectivity index (χ0) is 18.9. The van der Waals surface area contributed by atoms with Crippen LogP contribution in [0.4, 0.5) is 0 Å². The van der Waals surface area contributed by atoms with Crippen LogP contribution in [0.3, 0.4) is 0 Å². The van der Waals surface area contributed by atoms with Crippen molar-refractivity contribution >= 4 is 42.1 Å². The van der Waals surface area contributed by atoms with Crippen LogP contribution in [0.1, 0.15) is 40.9 Å². The smallest absolute Gasteiger partial charge is 0.270 e. The fraction of sp³-hybridized carbons (Fsp3) is 0.474. The Morgan fingerprint density at radius 1 is 1.32 bits per heavy atom. The number of methoxy groups -OCH3 is 1. The number of thiazole rings is 1. The predicted octanol–water partition coefficient (Wildman–Crippen LogP) is 3.31. The van der Waals surface area contributed by atoms with E-state index in [0.717, 1.165) is 29.4 Å². The highest BCUT2D eigenvalue weighted by Gasteiger charge is 2.20. The number of hydrogen-bond donors (Lipinski definition) is 2. The van der Waals surface area contributed by atoms with Crippen LogP contribution in [-0.2, 0) is 6.42 Å². The number of rotatable bonds is 10. The molecule has 0 radical (unpaired) electrons. The molecule has 1 heterocycles. The molecule has 28 heavy (non-hydrogen) atoms. The molecule has 6 nitrogen and oxygen atoms in total. The summed E-state index contributed by atoms with van der Waals surface area (Å²) < 4.78 is 5.35. The molecule has 9 heteroatoms. The number of nitrogens with one attached hydrogen (secondary N) is 1. The van der Waals surface area contributed by atoms with Crippen LogP contribution in [0.15, 0.2) is 29.6 Å². The van der Waals surface area contributed by atoms with Crippen molar-refractivity contribution in [3.05, 3.63) is 45.9 Å². The van der Waals surface area contributed by atoms with Crippen molar-refractivity contribution in [3.63, 3.8) is 0 Å². The summed E-state index contributed by atoms with van der Waals surface area (Å²) in [6.45, 7) is 7.08. The Morgan fingerprint density at radius 2 is 2.04 bits per heavy atom. The molecule has 1 amide bonds. The van der Waals surface area contributed by atoms with Gasteiger partial charge >= 0.3 is 0 Å². The number of carbonyl (C=O) groups is 1. The molecule has 3 N–H and O–H groups in total. The molecule has 0 aliphatic carbocycles. The number of halogens is 2. The van der Waals surface area contributed by atoms with Gasteiger partial charge in [-0.1, -0.05) is 26.0 Å². The fourth-order valence-corrected chi connectivity index (χ4v) is 3.70. The van der Waals surface area contributed by atoms with Gasteiger partial charge in [0, 0.05) is 18.3 Å². The second kappa shape index (κ2) is 13.7. The van der Waals surface area contributed by atoms with E-state index >= 15 is 0 Å². The van der Waals surface area contributed by atoms with Gasteiger partial charge in [0.15, 0.2) is 0 Å². The van der Waals surface area contributed by atoms with E-state index in [1.165, 1.54) is 11.3 Å². The van der Waals surface area contributed by atoms with Crippen molar-refractivity contribution in [2.45, 2.75) is 26.3 Å². The maximum atomic E-state index is 12.5. The van der Waals surface area contributed by atoms with Crippen LogP contribution in [0, 0.1) is 0 Å². The van der Waals surface area contributed by atoms with Crippen LogP contribution in [0.25, 0.3) is 0 Å². The molecule has 0 saturated carbocycles. The minimum absolute atomic E-state index is 0. The van der Waals surface area contributed by atoms with Crippen molar-refractivity contribution in [2.24, 2.45) is 5.73 Å². The Hall–Kier alpha value is -1.38. The Labute approximate surface area is 183 Å². The SMILES string of the molecule is CCN(CC)C(CNC(=O)c1csc(CCN)n1)c1cccc(OC)c1.Cl.Cl. The van der Waals surface area contributed by atoms with Gasteiger partial charge in [-0.3, -0.25) is 9.69 Å². The largest absolute Gasteiger partial charge is 0.497 e. The maximum Gasteiger partial charge on any atom is 0.270 e. The Bertz CT molecular complexity index is 711. The number of hydrogen-bond acceptors (Lipinski definition) is 6. The molecule has 0 aliphatic heterocycles. The van der Waals surface area contributed by atoms with Crippen LogP contribution >= 0.6 is 36.2 Å². The number of likely N-dealkylation sites (N-methyl/N-ethyl adjacent to an activating group) is 1. The lowest BCUT2D eigenvalue weighted by atomic mass is 10.0. The van der Waals surface area contributed by atoms with Crippen molar-refractivity contribution in [2.75, 3.05) is 33.3 Å². The third-order valence-corrected chi connectivity index (χ3v) is 5.24. The number of amides is 1. The molecule has 0 fully saturated rings.